The fourth-order valence-corrected chi connectivity index (χ4v) is 2.01. The van der Waals surface area contributed by atoms with E-state index in [4.69, 9.17) is 18.6 Å². The Balaban J connectivity index is 2.06. The number of rotatable bonds is 8. The molecule has 0 atom stereocenters. The van der Waals surface area contributed by atoms with Crippen molar-refractivity contribution in [2.24, 2.45) is 0 Å². The number of esters is 1. The van der Waals surface area contributed by atoms with Crippen LogP contribution in [0.25, 0.3) is 6.08 Å². The van der Waals surface area contributed by atoms with Gasteiger partial charge >= 0.3 is 5.97 Å². The number of aldehydes is 1. The highest BCUT2D eigenvalue weighted by molar-refractivity contribution is 5.86. The zero-order valence-electron chi connectivity index (χ0n) is 14.3. The maximum absolute atomic E-state index is 11.3. The van der Waals surface area contributed by atoms with Crippen LogP contribution in [-0.2, 0) is 16.1 Å². The third-order valence-corrected chi connectivity index (χ3v) is 3.25. The Morgan fingerprint density at radius 3 is 2.80 bits per heavy atom. The number of carbonyl (C=O) groups excluding carboxylic acids is 2. The van der Waals surface area contributed by atoms with Gasteiger partial charge in [-0.15, -0.1) is 0 Å². The molecular formula is C18H19NO6. The molecule has 1 aromatic carbocycles. The fraction of sp³-hybridized carbons (Fsp3) is 0.278. The number of oxazole rings is 1. The van der Waals surface area contributed by atoms with Crippen molar-refractivity contribution in [2.75, 3.05) is 13.7 Å². The molecule has 0 aliphatic carbocycles. The van der Waals surface area contributed by atoms with Gasteiger partial charge in [0.25, 0.3) is 0 Å². The molecule has 0 bridgehead atoms. The maximum atomic E-state index is 11.3. The monoisotopic (exact) mass is 345 g/mol. The van der Waals surface area contributed by atoms with Gasteiger partial charge in [0.05, 0.1) is 13.7 Å². The van der Waals surface area contributed by atoms with Crippen LogP contribution in [-0.4, -0.2) is 31.0 Å². The van der Waals surface area contributed by atoms with Gasteiger partial charge in [0.15, 0.2) is 11.5 Å². The van der Waals surface area contributed by atoms with E-state index in [0.717, 1.165) is 6.29 Å². The zero-order chi connectivity index (χ0) is 18.2. The van der Waals surface area contributed by atoms with Gasteiger partial charge in [0.1, 0.15) is 24.3 Å². The van der Waals surface area contributed by atoms with Crippen LogP contribution in [0.15, 0.2) is 28.7 Å². The number of hydrogen-bond acceptors (Lipinski definition) is 7. The number of aromatic nitrogens is 1. The number of nitrogens with zero attached hydrogens (tertiary/aromatic N) is 1. The van der Waals surface area contributed by atoms with Crippen molar-refractivity contribution >= 4 is 18.3 Å². The standard InChI is InChI=1S/C18H19NO6/c1-4-23-18(21)8-7-17-19-14(12(2)25-17)11-24-15-6-5-13(10-20)9-16(15)22-3/h5-10H,4,11H2,1-3H3. The van der Waals surface area contributed by atoms with Gasteiger partial charge < -0.3 is 18.6 Å². The molecule has 7 nitrogen and oxygen atoms in total. The highest BCUT2D eigenvalue weighted by Crippen LogP contribution is 2.28. The third-order valence-electron chi connectivity index (χ3n) is 3.25. The van der Waals surface area contributed by atoms with E-state index in [2.05, 4.69) is 4.98 Å². The van der Waals surface area contributed by atoms with Crippen molar-refractivity contribution in [1.82, 2.24) is 4.98 Å². The molecule has 0 radical (unpaired) electrons. The predicted molar refractivity (Wildman–Crippen MR) is 89.6 cm³/mol. The Morgan fingerprint density at radius 2 is 2.12 bits per heavy atom. The number of benzene rings is 1. The van der Waals surface area contributed by atoms with Crippen molar-refractivity contribution in [3.8, 4) is 11.5 Å². The first-order chi connectivity index (χ1) is 12.1. The van der Waals surface area contributed by atoms with Crippen LogP contribution in [0.1, 0.15) is 34.6 Å². The Bertz CT molecular complexity index is 778. The van der Waals surface area contributed by atoms with Crippen molar-refractivity contribution in [1.29, 1.82) is 0 Å². The average Bonchev–Trinajstić information content (AvgIpc) is 2.98. The van der Waals surface area contributed by atoms with Crippen molar-refractivity contribution < 1.29 is 28.2 Å². The molecule has 1 heterocycles. The summed E-state index contributed by atoms with van der Waals surface area (Å²) in [6, 6.07) is 4.87. The first-order valence-electron chi connectivity index (χ1n) is 7.64. The van der Waals surface area contributed by atoms with E-state index in [0.29, 0.717) is 35.1 Å². The van der Waals surface area contributed by atoms with Gasteiger partial charge in [0.2, 0.25) is 5.89 Å². The molecule has 25 heavy (non-hydrogen) atoms. The second-order valence-electron chi connectivity index (χ2n) is 4.96. The molecule has 2 rings (SSSR count). The Hall–Kier alpha value is -3.09. The summed E-state index contributed by atoms with van der Waals surface area (Å²) in [5.41, 5.74) is 1.08. The lowest BCUT2D eigenvalue weighted by Gasteiger charge is -2.10. The van der Waals surface area contributed by atoms with E-state index >= 15 is 0 Å². The van der Waals surface area contributed by atoms with E-state index in [9.17, 15) is 9.59 Å². The number of hydrogen-bond donors (Lipinski definition) is 0. The van der Waals surface area contributed by atoms with Gasteiger partial charge in [-0.1, -0.05) is 0 Å². The first kappa shape index (κ1) is 18.3. The molecule has 0 saturated carbocycles. The lowest BCUT2D eigenvalue weighted by atomic mass is 10.2. The van der Waals surface area contributed by atoms with Gasteiger partial charge in [-0.2, -0.15) is 0 Å². The van der Waals surface area contributed by atoms with Crippen LogP contribution in [0.3, 0.4) is 0 Å². The second kappa shape index (κ2) is 8.68. The highest BCUT2D eigenvalue weighted by atomic mass is 16.5. The Labute approximate surface area is 145 Å². The summed E-state index contributed by atoms with van der Waals surface area (Å²) in [5.74, 6) is 1.34. The quantitative estimate of drug-likeness (QED) is 0.413. The van der Waals surface area contributed by atoms with E-state index in [-0.39, 0.29) is 12.5 Å². The topological polar surface area (TPSA) is 87.9 Å². The predicted octanol–water partition coefficient (Wildman–Crippen LogP) is 2.96. The van der Waals surface area contributed by atoms with Gasteiger partial charge in [-0.05, 0) is 32.0 Å². The Morgan fingerprint density at radius 1 is 1.32 bits per heavy atom. The maximum Gasteiger partial charge on any atom is 0.330 e. The summed E-state index contributed by atoms with van der Waals surface area (Å²) in [6.45, 7) is 3.93. The van der Waals surface area contributed by atoms with Crippen LogP contribution in [0.2, 0.25) is 0 Å². The van der Waals surface area contributed by atoms with Gasteiger partial charge in [-0.3, -0.25) is 4.79 Å². The molecule has 7 heteroatoms. The Kier molecular flexibility index (Phi) is 6.33. The molecule has 0 aliphatic heterocycles. The highest BCUT2D eigenvalue weighted by Gasteiger charge is 2.11. The minimum absolute atomic E-state index is 0.152. The largest absolute Gasteiger partial charge is 0.493 e. The lowest BCUT2D eigenvalue weighted by molar-refractivity contribution is -0.137. The molecule has 0 unspecified atom stereocenters. The molecule has 132 valence electrons. The fourth-order valence-electron chi connectivity index (χ4n) is 2.01. The summed E-state index contributed by atoms with van der Waals surface area (Å²) < 4.78 is 21.2. The smallest absolute Gasteiger partial charge is 0.330 e. The number of methoxy groups -OCH3 is 1. The zero-order valence-corrected chi connectivity index (χ0v) is 14.3. The second-order valence-corrected chi connectivity index (χ2v) is 4.96. The van der Waals surface area contributed by atoms with Crippen LogP contribution >= 0.6 is 0 Å². The van der Waals surface area contributed by atoms with Crippen LogP contribution in [0, 0.1) is 6.92 Å². The van der Waals surface area contributed by atoms with E-state index in [1.807, 2.05) is 0 Å². The summed E-state index contributed by atoms with van der Waals surface area (Å²) in [4.78, 5) is 26.4. The van der Waals surface area contributed by atoms with E-state index in [1.54, 1.807) is 32.0 Å². The third kappa shape index (κ3) is 4.94. The van der Waals surface area contributed by atoms with Gasteiger partial charge in [0, 0.05) is 17.7 Å². The molecule has 1 aromatic heterocycles. The van der Waals surface area contributed by atoms with Crippen LogP contribution < -0.4 is 9.47 Å². The number of aryl methyl sites for hydroxylation is 1. The van der Waals surface area contributed by atoms with Crippen molar-refractivity contribution in [3.05, 3.63) is 47.2 Å². The normalized spacial score (nSPS) is 10.7. The van der Waals surface area contributed by atoms with E-state index < -0.39 is 5.97 Å². The summed E-state index contributed by atoms with van der Waals surface area (Å²) in [6.07, 6.45) is 3.42. The summed E-state index contributed by atoms with van der Waals surface area (Å²) in [5, 5.41) is 0. The molecule has 0 amide bonds. The van der Waals surface area contributed by atoms with Gasteiger partial charge in [-0.25, -0.2) is 9.78 Å². The molecule has 2 aromatic rings. The lowest BCUT2D eigenvalue weighted by Crippen LogP contribution is -2.00. The molecule has 0 saturated heterocycles. The molecule has 0 spiro atoms. The molecule has 0 fully saturated rings. The summed E-state index contributed by atoms with van der Waals surface area (Å²) >= 11 is 0. The van der Waals surface area contributed by atoms with Crippen LogP contribution in [0.5, 0.6) is 11.5 Å². The van der Waals surface area contributed by atoms with Crippen LogP contribution in [0.4, 0.5) is 0 Å². The van der Waals surface area contributed by atoms with Crippen molar-refractivity contribution in [3.63, 3.8) is 0 Å². The minimum Gasteiger partial charge on any atom is -0.493 e. The minimum atomic E-state index is -0.462. The average molecular weight is 345 g/mol. The molecular weight excluding hydrogens is 326 g/mol. The molecule has 0 aliphatic rings. The van der Waals surface area contributed by atoms with E-state index in [1.165, 1.54) is 19.3 Å². The first-order valence-corrected chi connectivity index (χ1v) is 7.64. The van der Waals surface area contributed by atoms with Crippen molar-refractivity contribution in [2.45, 2.75) is 20.5 Å². The SMILES string of the molecule is CCOC(=O)C=Cc1nc(COc2ccc(C=O)cc2OC)c(C)o1. The summed E-state index contributed by atoms with van der Waals surface area (Å²) in [7, 11) is 1.50. The molecule has 0 N–H and O–H groups in total. The number of carbonyl (C=O) groups is 2. The number of ether oxygens (including phenoxy) is 3.